The molecule has 1 aromatic heterocycles. The molecule has 0 bridgehead atoms. The van der Waals surface area contributed by atoms with Crippen LogP contribution >= 0.6 is 0 Å². The molecule has 126 valence electrons. The van der Waals surface area contributed by atoms with Crippen molar-refractivity contribution in [1.82, 2.24) is 10.9 Å². The predicted molar refractivity (Wildman–Crippen MR) is 94.5 cm³/mol. The van der Waals surface area contributed by atoms with E-state index < -0.39 is 0 Å². The van der Waals surface area contributed by atoms with Gasteiger partial charge in [0.15, 0.2) is 0 Å². The van der Waals surface area contributed by atoms with Gasteiger partial charge in [-0.2, -0.15) is 0 Å². The van der Waals surface area contributed by atoms with Gasteiger partial charge in [0.1, 0.15) is 11.5 Å². The third-order valence-corrected chi connectivity index (χ3v) is 3.67. The second kappa shape index (κ2) is 7.97. The Morgan fingerprint density at radius 3 is 2.20 bits per heavy atom. The highest BCUT2D eigenvalue weighted by Gasteiger charge is 2.09. The third kappa shape index (κ3) is 4.57. The molecule has 0 aliphatic rings. The lowest BCUT2D eigenvalue weighted by atomic mass is 10.2. The van der Waals surface area contributed by atoms with Crippen LogP contribution in [0.1, 0.15) is 22.5 Å². The van der Waals surface area contributed by atoms with E-state index in [-0.39, 0.29) is 18.2 Å². The van der Waals surface area contributed by atoms with Crippen LogP contribution in [0.4, 0.5) is 0 Å². The van der Waals surface area contributed by atoms with Crippen LogP contribution in [-0.2, 0) is 11.2 Å². The van der Waals surface area contributed by atoms with Gasteiger partial charge in [-0.05, 0) is 24.3 Å². The van der Waals surface area contributed by atoms with E-state index in [1.54, 1.807) is 24.3 Å². The Kier molecular flexibility index (Phi) is 5.26. The summed E-state index contributed by atoms with van der Waals surface area (Å²) in [5.41, 5.74) is 6.29. The quantitative estimate of drug-likeness (QED) is 0.703. The van der Waals surface area contributed by atoms with Crippen LogP contribution in [0.3, 0.4) is 0 Å². The molecule has 3 rings (SSSR count). The van der Waals surface area contributed by atoms with E-state index >= 15 is 0 Å². The first-order valence-corrected chi connectivity index (χ1v) is 8.01. The highest BCUT2D eigenvalue weighted by Crippen LogP contribution is 2.22. The predicted octanol–water partition coefficient (Wildman–Crippen LogP) is 3.34. The fourth-order valence-corrected chi connectivity index (χ4v) is 2.36. The second-order valence-electron chi connectivity index (χ2n) is 5.50. The van der Waals surface area contributed by atoms with Crippen LogP contribution in [0.5, 0.6) is 0 Å². The maximum absolute atomic E-state index is 11.9. The Balaban J connectivity index is 1.47. The van der Waals surface area contributed by atoms with Crippen molar-refractivity contribution >= 4 is 11.8 Å². The zero-order chi connectivity index (χ0) is 17.5. The number of carbonyl (C=O) groups excluding carboxylic acids is 2. The first-order valence-electron chi connectivity index (χ1n) is 8.01. The Labute approximate surface area is 145 Å². The monoisotopic (exact) mass is 334 g/mol. The number of hydrogen-bond acceptors (Lipinski definition) is 3. The molecule has 5 heteroatoms. The summed E-state index contributed by atoms with van der Waals surface area (Å²) in [6.07, 6.45) is 0.677. The summed E-state index contributed by atoms with van der Waals surface area (Å²) in [5.74, 6) is 0.872. The van der Waals surface area contributed by atoms with Crippen molar-refractivity contribution in [3.05, 3.63) is 84.1 Å². The van der Waals surface area contributed by atoms with Crippen LogP contribution in [0.25, 0.3) is 11.3 Å². The molecule has 1 heterocycles. The van der Waals surface area contributed by atoms with Gasteiger partial charge in [-0.1, -0.05) is 48.5 Å². The molecular weight excluding hydrogens is 316 g/mol. The summed E-state index contributed by atoms with van der Waals surface area (Å²) in [7, 11) is 0. The average Bonchev–Trinajstić information content (AvgIpc) is 3.15. The van der Waals surface area contributed by atoms with Gasteiger partial charge < -0.3 is 4.42 Å². The molecule has 0 unspecified atom stereocenters. The van der Waals surface area contributed by atoms with Crippen LogP contribution < -0.4 is 10.9 Å². The average molecular weight is 334 g/mol. The smallest absolute Gasteiger partial charge is 0.269 e. The lowest BCUT2D eigenvalue weighted by Crippen LogP contribution is -2.41. The molecule has 0 radical (unpaired) electrons. The van der Waals surface area contributed by atoms with Gasteiger partial charge >= 0.3 is 0 Å². The molecule has 5 nitrogen and oxygen atoms in total. The molecule has 3 aromatic rings. The number of benzene rings is 2. The molecule has 0 fully saturated rings. The minimum Gasteiger partial charge on any atom is -0.461 e. The lowest BCUT2D eigenvalue weighted by Gasteiger charge is -2.06. The number of hydrazine groups is 1. The molecule has 2 amide bonds. The number of nitrogens with one attached hydrogen (secondary N) is 2. The maximum Gasteiger partial charge on any atom is 0.269 e. The SMILES string of the molecule is O=C(CCc1ccc(-c2ccccc2)o1)NNC(=O)c1ccccc1. The standard InChI is InChI=1S/C20H18N2O3/c23-19(21-22-20(24)16-9-5-2-6-10-16)14-12-17-11-13-18(25-17)15-7-3-1-4-8-15/h1-11,13H,12,14H2,(H,21,23)(H,22,24). The number of rotatable bonds is 5. The molecule has 0 aliphatic carbocycles. The number of furan rings is 1. The second-order valence-corrected chi connectivity index (χ2v) is 5.50. The van der Waals surface area contributed by atoms with Crippen LogP contribution in [0.15, 0.2) is 77.2 Å². The van der Waals surface area contributed by atoms with Crippen LogP contribution in [-0.4, -0.2) is 11.8 Å². The van der Waals surface area contributed by atoms with Crippen molar-refractivity contribution in [1.29, 1.82) is 0 Å². The molecule has 2 aromatic carbocycles. The first-order chi connectivity index (χ1) is 12.2. The minimum absolute atomic E-state index is 0.219. The highest BCUT2D eigenvalue weighted by molar-refractivity contribution is 5.95. The zero-order valence-electron chi connectivity index (χ0n) is 13.6. The minimum atomic E-state index is -0.349. The van der Waals surface area contributed by atoms with Gasteiger partial charge in [0.25, 0.3) is 5.91 Å². The number of amides is 2. The molecule has 0 atom stereocenters. The summed E-state index contributed by atoms with van der Waals surface area (Å²) < 4.78 is 5.75. The summed E-state index contributed by atoms with van der Waals surface area (Å²) in [6.45, 7) is 0. The molecule has 0 saturated carbocycles. The normalized spacial score (nSPS) is 10.2. The van der Waals surface area contributed by atoms with Crippen LogP contribution in [0, 0.1) is 0 Å². The summed E-state index contributed by atoms with van der Waals surface area (Å²) >= 11 is 0. The Morgan fingerprint density at radius 2 is 1.48 bits per heavy atom. The molecule has 0 aliphatic heterocycles. The molecule has 0 saturated heterocycles. The van der Waals surface area contributed by atoms with Crippen molar-refractivity contribution in [2.75, 3.05) is 0 Å². The van der Waals surface area contributed by atoms with Gasteiger partial charge in [-0.3, -0.25) is 20.4 Å². The zero-order valence-corrected chi connectivity index (χ0v) is 13.6. The molecule has 25 heavy (non-hydrogen) atoms. The highest BCUT2D eigenvalue weighted by atomic mass is 16.3. The van der Waals surface area contributed by atoms with Crippen molar-refractivity contribution in [2.45, 2.75) is 12.8 Å². The first kappa shape index (κ1) is 16.5. The molecular formula is C20H18N2O3. The fraction of sp³-hybridized carbons (Fsp3) is 0.100. The lowest BCUT2D eigenvalue weighted by molar-refractivity contribution is -0.121. The number of carbonyl (C=O) groups is 2. The van der Waals surface area contributed by atoms with E-state index in [0.29, 0.717) is 12.0 Å². The van der Waals surface area contributed by atoms with Crippen molar-refractivity contribution in [2.24, 2.45) is 0 Å². The van der Waals surface area contributed by atoms with E-state index in [1.165, 1.54) is 0 Å². The van der Waals surface area contributed by atoms with E-state index in [0.717, 1.165) is 17.1 Å². The van der Waals surface area contributed by atoms with E-state index in [1.807, 2.05) is 48.5 Å². The van der Waals surface area contributed by atoms with E-state index in [2.05, 4.69) is 10.9 Å². The number of aryl methyl sites for hydroxylation is 1. The fourth-order valence-electron chi connectivity index (χ4n) is 2.36. The van der Waals surface area contributed by atoms with Crippen molar-refractivity contribution < 1.29 is 14.0 Å². The topological polar surface area (TPSA) is 71.3 Å². The van der Waals surface area contributed by atoms with Gasteiger partial charge in [0.05, 0.1) is 0 Å². The molecule has 0 spiro atoms. The van der Waals surface area contributed by atoms with Crippen molar-refractivity contribution in [3.63, 3.8) is 0 Å². The van der Waals surface area contributed by atoms with Crippen molar-refractivity contribution in [3.8, 4) is 11.3 Å². The maximum atomic E-state index is 11.9. The summed E-state index contributed by atoms with van der Waals surface area (Å²) in [4.78, 5) is 23.7. The third-order valence-electron chi connectivity index (χ3n) is 3.67. The van der Waals surface area contributed by atoms with Gasteiger partial charge in [-0.15, -0.1) is 0 Å². The van der Waals surface area contributed by atoms with E-state index in [9.17, 15) is 9.59 Å². The van der Waals surface area contributed by atoms with Gasteiger partial charge in [0.2, 0.25) is 5.91 Å². The molecule has 2 N–H and O–H groups in total. The Bertz CT molecular complexity index is 842. The van der Waals surface area contributed by atoms with Gasteiger partial charge in [-0.25, -0.2) is 0 Å². The number of hydrogen-bond donors (Lipinski definition) is 2. The van der Waals surface area contributed by atoms with E-state index in [4.69, 9.17) is 4.42 Å². The Hall–Kier alpha value is -3.34. The summed E-state index contributed by atoms with van der Waals surface area (Å²) in [5, 5.41) is 0. The van der Waals surface area contributed by atoms with Gasteiger partial charge in [0, 0.05) is 24.0 Å². The summed E-state index contributed by atoms with van der Waals surface area (Å²) in [6, 6.07) is 22.2. The van der Waals surface area contributed by atoms with Crippen LogP contribution in [0.2, 0.25) is 0 Å². The largest absolute Gasteiger partial charge is 0.461 e. The Morgan fingerprint density at radius 1 is 0.800 bits per heavy atom.